The maximum Gasteiger partial charge on any atom is 0.328 e. The molecule has 0 N–H and O–H groups in total. The molecule has 5 rings (SSSR count). The van der Waals surface area contributed by atoms with E-state index in [9.17, 15) is 9.59 Å². The van der Waals surface area contributed by atoms with Gasteiger partial charge >= 0.3 is 6.03 Å². The molecule has 8 heteroatoms. The van der Waals surface area contributed by atoms with Crippen molar-refractivity contribution in [3.05, 3.63) is 65.7 Å². The van der Waals surface area contributed by atoms with Gasteiger partial charge in [0, 0.05) is 52.5 Å². The van der Waals surface area contributed by atoms with Crippen molar-refractivity contribution < 1.29 is 9.59 Å². The molecule has 0 radical (unpaired) electrons. The minimum atomic E-state index is -0.514. The Bertz CT molecular complexity index is 1080. The van der Waals surface area contributed by atoms with E-state index in [4.69, 9.17) is 4.99 Å². The fourth-order valence-corrected chi connectivity index (χ4v) is 4.99. The van der Waals surface area contributed by atoms with Gasteiger partial charge in [-0.1, -0.05) is 48.0 Å². The van der Waals surface area contributed by atoms with Crippen LogP contribution < -0.4 is 4.90 Å². The molecule has 2 unspecified atom stereocenters. The highest BCUT2D eigenvalue weighted by Gasteiger charge is 2.52. The minimum Gasteiger partial charge on any atom is -0.368 e. The van der Waals surface area contributed by atoms with Gasteiger partial charge in [0.1, 0.15) is 0 Å². The van der Waals surface area contributed by atoms with Gasteiger partial charge in [0.2, 0.25) is 0 Å². The number of hydrogen-bond donors (Lipinski definition) is 0. The Morgan fingerprint density at radius 3 is 2.30 bits per heavy atom. The van der Waals surface area contributed by atoms with E-state index in [0.29, 0.717) is 6.54 Å². The van der Waals surface area contributed by atoms with E-state index in [2.05, 4.69) is 64.1 Å². The van der Waals surface area contributed by atoms with E-state index in [1.165, 1.54) is 16.2 Å². The van der Waals surface area contributed by atoms with Crippen LogP contribution in [0.25, 0.3) is 0 Å². The van der Waals surface area contributed by atoms with Gasteiger partial charge in [-0.05, 0) is 24.6 Å². The number of nitrogens with zero attached hydrogens (tertiary/aromatic N) is 6. The predicted molar refractivity (Wildman–Crippen MR) is 128 cm³/mol. The van der Waals surface area contributed by atoms with Crippen LogP contribution in [0.3, 0.4) is 0 Å². The summed E-state index contributed by atoms with van der Waals surface area (Å²) in [5, 5.41) is 0. The monoisotopic (exact) mass is 446 g/mol. The SMILES string of the molecule is Cc1cccc(CN2C(N3CCN(c4ccccc4)CC3)=NC3C2C(=O)N(C)C(=O)N3C)c1. The van der Waals surface area contributed by atoms with Gasteiger partial charge < -0.3 is 19.6 Å². The average Bonchev–Trinajstić information content (AvgIpc) is 3.21. The first-order valence-electron chi connectivity index (χ1n) is 11.4. The summed E-state index contributed by atoms with van der Waals surface area (Å²) in [6.07, 6.45) is -0.506. The second-order valence-electron chi connectivity index (χ2n) is 9.00. The molecule has 0 bridgehead atoms. The van der Waals surface area contributed by atoms with Gasteiger partial charge in [0.15, 0.2) is 18.2 Å². The third-order valence-electron chi connectivity index (χ3n) is 6.81. The lowest BCUT2D eigenvalue weighted by atomic mass is 10.1. The number of likely N-dealkylation sites (N-methyl/N-ethyl adjacent to an activating group) is 2. The lowest BCUT2D eigenvalue weighted by Gasteiger charge is -2.42. The first-order valence-corrected chi connectivity index (χ1v) is 11.4. The number of benzene rings is 2. The number of anilines is 1. The van der Waals surface area contributed by atoms with Crippen molar-refractivity contribution >= 4 is 23.6 Å². The number of guanidine groups is 1. The zero-order valence-corrected chi connectivity index (χ0v) is 19.4. The molecular formula is C25H30N6O2. The number of urea groups is 1. The number of carbonyl (C=O) groups is 2. The summed E-state index contributed by atoms with van der Waals surface area (Å²) in [5.74, 6) is 0.611. The number of hydrogen-bond acceptors (Lipinski definition) is 6. The second-order valence-corrected chi connectivity index (χ2v) is 9.00. The number of amides is 3. The van der Waals surface area contributed by atoms with Crippen molar-refractivity contribution in [2.75, 3.05) is 45.2 Å². The molecule has 33 heavy (non-hydrogen) atoms. The van der Waals surface area contributed by atoms with Crippen LogP contribution in [-0.4, -0.2) is 90.0 Å². The maximum atomic E-state index is 13.2. The number of para-hydroxylation sites is 1. The summed E-state index contributed by atoms with van der Waals surface area (Å²) in [6.45, 7) is 6.00. The summed E-state index contributed by atoms with van der Waals surface area (Å²) in [7, 11) is 3.28. The van der Waals surface area contributed by atoms with Gasteiger partial charge in [0.25, 0.3) is 5.91 Å². The third kappa shape index (κ3) is 3.79. The summed E-state index contributed by atoms with van der Waals surface area (Å²) in [5.41, 5.74) is 3.52. The van der Waals surface area contributed by atoms with Gasteiger partial charge in [-0.3, -0.25) is 9.69 Å². The Morgan fingerprint density at radius 1 is 0.909 bits per heavy atom. The molecule has 3 heterocycles. The molecule has 2 atom stereocenters. The number of fused-ring (bicyclic) bond motifs is 1. The number of aryl methyl sites for hydroxylation is 1. The maximum absolute atomic E-state index is 13.2. The standard InChI is InChI=1S/C25H30N6O2/c1-18-8-7-9-19(16-18)17-31-21-22(27(2)25(33)28(3)23(21)32)26-24(31)30-14-12-29(13-15-30)20-10-5-4-6-11-20/h4-11,16,21-22H,12-15,17H2,1-3H3. The molecule has 0 spiro atoms. The summed E-state index contributed by atoms with van der Waals surface area (Å²) in [4.78, 5) is 40.3. The van der Waals surface area contributed by atoms with Gasteiger partial charge in [0.05, 0.1) is 0 Å². The molecule has 3 amide bonds. The number of piperazine rings is 1. The van der Waals surface area contributed by atoms with E-state index < -0.39 is 12.2 Å². The smallest absolute Gasteiger partial charge is 0.328 e. The highest BCUT2D eigenvalue weighted by atomic mass is 16.2. The van der Waals surface area contributed by atoms with Crippen LogP contribution in [0.4, 0.5) is 10.5 Å². The van der Waals surface area contributed by atoms with Crippen LogP contribution >= 0.6 is 0 Å². The Kier molecular flexibility index (Phi) is 5.44. The van der Waals surface area contributed by atoms with E-state index in [0.717, 1.165) is 37.7 Å². The van der Waals surface area contributed by atoms with Crippen LogP contribution in [0.1, 0.15) is 11.1 Å². The molecule has 172 valence electrons. The van der Waals surface area contributed by atoms with Crippen molar-refractivity contribution in [2.24, 2.45) is 4.99 Å². The quantitative estimate of drug-likeness (QED) is 0.724. The van der Waals surface area contributed by atoms with Crippen molar-refractivity contribution in [3.63, 3.8) is 0 Å². The van der Waals surface area contributed by atoms with Crippen LogP contribution in [0.5, 0.6) is 0 Å². The van der Waals surface area contributed by atoms with Crippen LogP contribution in [-0.2, 0) is 11.3 Å². The van der Waals surface area contributed by atoms with E-state index in [1.807, 2.05) is 12.1 Å². The molecule has 8 nitrogen and oxygen atoms in total. The highest BCUT2D eigenvalue weighted by molar-refractivity contribution is 6.03. The molecular weight excluding hydrogens is 416 g/mol. The topological polar surface area (TPSA) is 62.7 Å². The Morgan fingerprint density at radius 2 is 1.61 bits per heavy atom. The molecule has 3 aliphatic heterocycles. The molecule has 2 saturated heterocycles. The lowest BCUT2D eigenvalue weighted by molar-refractivity contribution is -0.136. The number of rotatable bonds is 3. The van der Waals surface area contributed by atoms with Crippen molar-refractivity contribution in [2.45, 2.75) is 25.7 Å². The van der Waals surface area contributed by atoms with Crippen molar-refractivity contribution in [1.29, 1.82) is 0 Å². The Hall–Kier alpha value is -3.55. The molecule has 2 aromatic carbocycles. The average molecular weight is 447 g/mol. The van der Waals surface area contributed by atoms with Gasteiger partial charge in [-0.25, -0.2) is 9.79 Å². The number of aliphatic imine (C=N–C) groups is 1. The second kappa shape index (κ2) is 8.42. The lowest BCUT2D eigenvalue weighted by Crippen LogP contribution is -2.64. The Labute approximate surface area is 194 Å². The normalized spacial score (nSPS) is 23.2. The fourth-order valence-electron chi connectivity index (χ4n) is 4.99. The summed E-state index contributed by atoms with van der Waals surface area (Å²) >= 11 is 0. The molecule has 3 aliphatic rings. The molecule has 0 saturated carbocycles. The zero-order valence-electron chi connectivity index (χ0n) is 19.4. The largest absolute Gasteiger partial charge is 0.368 e. The van der Waals surface area contributed by atoms with Crippen molar-refractivity contribution in [3.8, 4) is 0 Å². The third-order valence-corrected chi connectivity index (χ3v) is 6.81. The van der Waals surface area contributed by atoms with Crippen LogP contribution in [0.2, 0.25) is 0 Å². The molecule has 2 fully saturated rings. The predicted octanol–water partition coefficient (Wildman–Crippen LogP) is 2.21. The summed E-state index contributed by atoms with van der Waals surface area (Å²) < 4.78 is 0. The Balaban J connectivity index is 1.42. The van der Waals surface area contributed by atoms with E-state index in [1.54, 1.807) is 19.0 Å². The molecule has 2 aromatic rings. The fraction of sp³-hybridized carbons (Fsp3) is 0.400. The van der Waals surface area contributed by atoms with Crippen molar-refractivity contribution in [1.82, 2.24) is 19.6 Å². The van der Waals surface area contributed by atoms with E-state index in [-0.39, 0.29) is 11.9 Å². The number of imide groups is 1. The zero-order chi connectivity index (χ0) is 23.1. The minimum absolute atomic E-state index is 0.197. The number of carbonyl (C=O) groups excluding carboxylic acids is 2. The summed E-state index contributed by atoms with van der Waals surface area (Å²) in [6, 6.07) is 17.9. The highest BCUT2D eigenvalue weighted by Crippen LogP contribution is 2.30. The van der Waals surface area contributed by atoms with Crippen LogP contribution in [0.15, 0.2) is 59.6 Å². The van der Waals surface area contributed by atoms with E-state index >= 15 is 0 Å². The van der Waals surface area contributed by atoms with Gasteiger partial charge in [-0.2, -0.15) is 0 Å². The van der Waals surface area contributed by atoms with Gasteiger partial charge in [-0.15, -0.1) is 0 Å². The first kappa shape index (κ1) is 21.3. The first-order chi connectivity index (χ1) is 15.9. The van der Waals surface area contributed by atoms with Crippen LogP contribution in [0, 0.1) is 6.92 Å². The molecule has 0 aromatic heterocycles. The molecule has 0 aliphatic carbocycles.